The van der Waals surface area contributed by atoms with Gasteiger partial charge in [0.05, 0.1) is 11.3 Å². The Morgan fingerprint density at radius 3 is 2.07 bits per heavy atom. The minimum absolute atomic E-state index is 0.0263. The molecular formula is C14H24P+. The lowest BCUT2D eigenvalue weighted by atomic mass is 9.84. The molecule has 5 aliphatic carbocycles. The number of hydrogen-bond acceptors (Lipinski definition) is 0. The van der Waals surface area contributed by atoms with Crippen LogP contribution in [0.15, 0.2) is 0 Å². The summed E-state index contributed by atoms with van der Waals surface area (Å²) < 4.78 is 0. The minimum atomic E-state index is 0.0263. The van der Waals surface area contributed by atoms with Crippen molar-refractivity contribution in [1.82, 2.24) is 0 Å². The zero-order valence-electron chi connectivity index (χ0n) is 9.91. The van der Waals surface area contributed by atoms with Crippen LogP contribution in [0.25, 0.3) is 0 Å². The molecule has 0 heterocycles. The summed E-state index contributed by atoms with van der Waals surface area (Å²) in [5.74, 6) is 4.81. The highest BCUT2D eigenvalue weighted by atomic mass is 31.1. The Hall–Kier alpha value is 0.430. The van der Waals surface area contributed by atoms with Crippen molar-refractivity contribution in [3.8, 4) is 0 Å². The zero-order chi connectivity index (χ0) is 9.99. The molecule has 5 fully saturated rings. The maximum Gasteiger partial charge on any atom is 0.0731 e. The van der Waals surface area contributed by atoms with Gasteiger partial charge < -0.3 is 0 Å². The first-order chi connectivity index (χ1) is 7.33. The van der Waals surface area contributed by atoms with Crippen LogP contribution in [0.5, 0.6) is 0 Å². The van der Waals surface area contributed by atoms with E-state index < -0.39 is 0 Å². The van der Waals surface area contributed by atoms with Crippen molar-refractivity contribution in [2.45, 2.75) is 56.3 Å². The third-order valence-corrected chi connectivity index (χ3v) is 10.2. The Bertz CT molecular complexity index is 261. The van der Waals surface area contributed by atoms with Crippen LogP contribution < -0.4 is 0 Å². The van der Waals surface area contributed by atoms with Gasteiger partial charge in [-0.1, -0.05) is 0 Å². The van der Waals surface area contributed by atoms with E-state index in [0.717, 1.165) is 0 Å². The summed E-state index contributed by atoms with van der Waals surface area (Å²) in [6.45, 7) is 2.71. The van der Waals surface area contributed by atoms with E-state index in [1.54, 1.807) is 44.9 Å². The maximum atomic E-state index is 2.71. The Morgan fingerprint density at radius 1 is 0.800 bits per heavy atom. The van der Waals surface area contributed by atoms with Crippen LogP contribution in [-0.4, -0.2) is 18.0 Å². The molecule has 5 saturated carbocycles. The molecule has 6 atom stereocenters. The molecule has 0 aromatic carbocycles. The largest absolute Gasteiger partial charge is 0.0731 e. The predicted octanol–water partition coefficient (Wildman–Crippen LogP) is 3.82. The molecule has 15 heavy (non-hydrogen) atoms. The van der Waals surface area contributed by atoms with E-state index in [1.165, 1.54) is 35.0 Å². The molecule has 0 spiro atoms. The van der Waals surface area contributed by atoms with E-state index in [0.29, 0.717) is 0 Å². The molecular weight excluding hydrogens is 199 g/mol. The first-order valence-electron chi connectivity index (χ1n) is 7.16. The average Bonchev–Trinajstić information content (AvgIpc) is 2.96. The minimum Gasteiger partial charge on any atom is -0.0499 e. The Morgan fingerprint density at radius 2 is 1.53 bits per heavy atom. The second kappa shape index (κ2) is 3.22. The molecule has 0 amide bonds. The molecule has 1 heteroatoms. The van der Waals surface area contributed by atoms with E-state index >= 15 is 0 Å². The average molecular weight is 223 g/mol. The van der Waals surface area contributed by atoms with E-state index in [4.69, 9.17) is 0 Å². The van der Waals surface area contributed by atoms with Gasteiger partial charge in [0.2, 0.25) is 0 Å². The van der Waals surface area contributed by atoms with Crippen molar-refractivity contribution in [3.63, 3.8) is 0 Å². The summed E-state index contributed by atoms with van der Waals surface area (Å²) in [6, 6.07) is 0. The first kappa shape index (κ1) is 9.46. The van der Waals surface area contributed by atoms with Crippen LogP contribution in [-0.2, 0) is 0 Å². The van der Waals surface area contributed by atoms with Gasteiger partial charge in [0.15, 0.2) is 0 Å². The lowest BCUT2D eigenvalue weighted by Crippen LogP contribution is -2.35. The van der Waals surface area contributed by atoms with Crippen LogP contribution in [0.2, 0.25) is 0 Å². The van der Waals surface area contributed by atoms with Gasteiger partial charge >= 0.3 is 0 Å². The molecule has 6 unspecified atom stereocenters. The first-order valence-corrected chi connectivity index (χ1v) is 9.31. The van der Waals surface area contributed by atoms with Crippen LogP contribution in [0.3, 0.4) is 0 Å². The predicted molar refractivity (Wildman–Crippen MR) is 68.1 cm³/mol. The number of fused-ring (bicyclic) bond motifs is 3. The SMILES string of the molecule is C[PH+](C1CC2CCC1C2)C1C2CCC1C2. The molecule has 0 radical (unpaired) electrons. The molecule has 0 N–H and O–H groups in total. The monoisotopic (exact) mass is 223 g/mol. The van der Waals surface area contributed by atoms with Gasteiger partial charge in [-0.25, -0.2) is 0 Å². The van der Waals surface area contributed by atoms with Gasteiger partial charge in [0.1, 0.15) is 0 Å². The fraction of sp³-hybridized carbons (Fsp3) is 1.00. The molecule has 0 aliphatic heterocycles. The highest BCUT2D eigenvalue weighted by Gasteiger charge is 2.57. The van der Waals surface area contributed by atoms with E-state index in [9.17, 15) is 0 Å². The Kier molecular flexibility index (Phi) is 2.03. The molecule has 5 aliphatic rings. The lowest BCUT2D eigenvalue weighted by Gasteiger charge is -2.39. The van der Waals surface area contributed by atoms with Crippen molar-refractivity contribution < 1.29 is 0 Å². The van der Waals surface area contributed by atoms with Gasteiger partial charge in [-0.05, 0) is 68.6 Å². The second-order valence-electron chi connectivity index (χ2n) is 6.88. The fourth-order valence-electron chi connectivity index (χ4n) is 5.69. The van der Waals surface area contributed by atoms with Crippen molar-refractivity contribution in [2.24, 2.45) is 23.7 Å². The summed E-state index contributed by atoms with van der Waals surface area (Å²) >= 11 is 0. The van der Waals surface area contributed by atoms with E-state index in [2.05, 4.69) is 6.66 Å². The molecule has 0 aromatic heterocycles. The van der Waals surface area contributed by atoms with Crippen molar-refractivity contribution in [1.29, 1.82) is 0 Å². The summed E-state index contributed by atoms with van der Waals surface area (Å²) in [4.78, 5) is 0. The van der Waals surface area contributed by atoms with E-state index in [-0.39, 0.29) is 7.92 Å². The number of hydrogen-bond donors (Lipinski definition) is 0. The lowest BCUT2D eigenvalue weighted by molar-refractivity contribution is 0.311. The van der Waals surface area contributed by atoms with E-state index in [1.807, 2.05) is 0 Å². The molecule has 0 nitrogen and oxygen atoms in total. The molecule has 4 bridgehead atoms. The molecule has 0 aromatic rings. The van der Waals surface area contributed by atoms with Crippen molar-refractivity contribution in [2.75, 3.05) is 6.66 Å². The van der Waals surface area contributed by atoms with Gasteiger partial charge in [-0.15, -0.1) is 0 Å². The standard InChI is InChI=1S/C14H23P/c1-15(14-11-4-5-12(14)8-11)13-7-9-2-3-10(13)6-9/h9-14H,2-8H2,1H3/p+1. The summed E-state index contributed by atoms with van der Waals surface area (Å²) in [7, 11) is 0.0263. The summed E-state index contributed by atoms with van der Waals surface area (Å²) in [5, 5.41) is 0. The summed E-state index contributed by atoms with van der Waals surface area (Å²) in [6.07, 6.45) is 11.3. The van der Waals surface area contributed by atoms with Crippen LogP contribution in [0.4, 0.5) is 0 Å². The quantitative estimate of drug-likeness (QED) is 0.624. The van der Waals surface area contributed by atoms with Crippen LogP contribution in [0, 0.1) is 23.7 Å². The highest BCUT2D eigenvalue weighted by molar-refractivity contribution is 7.58. The van der Waals surface area contributed by atoms with Gasteiger partial charge in [0, 0.05) is 14.6 Å². The molecule has 5 rings (SSSR count). The van der Waals surface area contributed by atoms with Gasteiger partial charge in [0.25, 0.3) is 0 Å². The third-order valence-electron chi connectivity index (χ3n) is 6.38. The van der Waals surface area contributed by atoms with Gasteiger partial charge in [-0.3, -0.25) is 0 Å². The Labute approximate surface area is 95.0 Å². The molecule has 0 saturated heterocycles. The topological polar surface area (TPSA) is 0 Å². The normalized spacial score (nSPS) is 58.2. The third kappa shape index (κ3) is 1.24. The summed E-state index contributed by atoms with van der Waals surface area (Å²) in [5.41, 5.74) is 2.53. The smallest absolute Gasteiger partial charge is 0.0499 e. The zero-order valence-corrected chi connectivity index (χ0v) is 10.9. The van der Waals surface area contributed by atoms with Crippen LogP contribution >= 0.6 is 7.92 Å². The van der Waals surface area contributed by atoms with Crippen molar-refractivity contribution in [3.05, 3.63) is 0 Å². The maximum absolute atomic E-state index is 2.71. The number of rotatable bonds is 2. The van der Waals surface area contributed by atoms with Gasteiger partial charge in [-0.2, -0.15) is 0 Å². The second-order valence-corrected chi connectivity index (χ2v) is 9.78. The van der Waals surface area contributed by atoms with Crippen LogP contribution in [0.1, 0.15) is 44.9 Å². The highest BCUT2D eigenvalue weighted by Crippen LogP contribution is 2.68. The fourth-order valence-corrected chi connectivity index (χ4v) is 10.0. The molecule has 84 valence electrons. The Balaban J connectivity index is 1.49. The van der Waals surface area contributed by atoms with Crippen molar-refractivity contribution >= 4 is 7.92 Å².